The molecule has 3 heteroatoms. The summed E-state index contributed by atoms with van der Waals surface area (Å²) in [7, 11) is 0. The van der Waals surface area contributed by atoms with Gasteiger partial charge in [0.05, 0.1) is 0 Å². The molecule has 20 heavy (non-hydrogen) atoms. The zero-order valence-corrected chi connectivity index (χ0v) is 12.7. The van der Waals surface area contributed by atoms with Gasteiger partial charge < -0.3 is 10.4 Å². The van der Waals surface area contributed by atoms with Gasteiger partial charge in [0.1, 0.15) is 5.75 Å². The summed E-state index contributed by atoms with van der Waals surface area (Å²) in [6.45, 7) is 8.77. The standard InChI is InChI=1S/C17H26N2O/c1-12-10-15(20)11-13(2)16(12)17(14-4-3-5-14)19-8-6-18-7-9-19/h10-11,14,17-18,20H,3-9H2,1-2H3/t17-/m1/s1. The number of nitrogens with one attached hydrogen (secondary N) is 1. The Morgan fingerprint density at radius 3 is 2.25 bits per heavy atom. The Balaban J connectivity index is 1.96. The summed E-state index contributed by atoms with van der Waals surface area (Å²) in [5.74, 6) is 1.20. The fourth-order valence-electron chi connectivity index (χ4n) is 3.85. The lowest BCUT2D eigenvalue weighted by molar-refractivity contribution is 0.0828. The van der Waals surface area contributed by atoms with E-state index >= 15 is 0 Å². The molecule has 2 fully saturated rings. The maximum atomic E-state index is 9.80. The Bertz CT molecular complexity index is 453. The number of rotatable bonds is 3. The molecule has 1 saturated heterocycles. The number of nitrogens with zero attached hydrogens (tertiary/aromatic N) is 1. The minimum atomic E-state index is 0.399. The molecule has 0 unspecified atom stereocenters. The fraction of sp³-hybridized carbons (Fsp3) is 0.647. The van der Waals surface area contributed by atoms with Gasteiger partial charge in [-0.1, -0.05) is 6.42 Å². The average Bonchev–Trinajstić information content (AvgIpc) is 2.35. The van der Waals surface area contributed by atoms with E-state index in [4.69, 9.17) is 0 Å². The first-order valence-electron chi connectivity index (χ1n) is 7.91. The lowest BCUT2D eigenvalue weighted by Gasteiger charge is -2.44. The summed E-state index contributed by atoms with van der Waals surface area (Å²) >= 11 is 0. The molecule has 0 aromatic heterocycles. The van der Waals surface area contributed by atoms with Crippen LogP contribution in [0, 0.1) is 19.8 Å². The molecule has 0 amide bonds. The molecule has 0 spiro atoms. The second-order valence-electron chi connectivity index (χ2n) is 6.42. The van der Waals surface area contributed by atoms with Gasteiger partial charge in [-0.2, -0.15) is 0 Å². The number of benzene rings is 1. The Labute approximate surface area is 122 Å². The highest BCUT2D eigenvalue weighted by Gasteiger charge is 2.35. The van der Waals surface area contributed by atoms with Gasteiger partial charge in [-0.05, 0) is 61.4 Å². The Hall–Kier alpha value is -1.06. The Morgan fingerprint density at radius 2 is 1.75 bits per heavy atom. The van der Waals surface area contributed by atoms with Gasteiger partial charge >= 0.3 is 0 Å². The summed E-state index contributed by atoms with van der Waals surface area (Å²) in [6.07, 6.45) is 4.09. The molecule has 0 radical (unpaired) electrons. The largest absolute Gasteiger partial charge is 0.508 e. The molecule has 2 N–H and O–H groups in total. The van der Waals surface area contributed by atoms with Crippen LogP contribution in [0.15, 0.2) is 12.1 Å². The zero-order chi connectivity index (χ0) is 14.1. The number of aromatic hydroxyl groups is 1. The first-order chi connectivity index (χ1) is 9.66. The van der Waals surface area contributed by atoms with Gasteiger partial charge in [0.2, 0.25) is 0 Å². The highest BCUT2D eigenvalue weighted by molar-refractivity contribution is 5.42. The van der Waals surface area contributed by atoms with E-state index in [2.05, 4.69) is 24.1 Å². The zero-order valence-electron chi connectivity index (χ0n) is 12.7. The molecule has 1 aromatic rings. The van der Waals surface area contributed by atoms with Crippen LogP contribution in [-0.2, 0) is 0 Å². The van der Waals surface area contributed by atoms with Crippen molar-refractivity contribution in [2.24, 2.45) is 5.92 Å². The second-order valence-corrected chi connectivity index (χ2v) is 6.42. The van der Waals surface area contributed by atoms with E-state index in [1.54, 1.807) is 0 Å². The second kappa shape index (κ2) is 5.74. The molecule has 3 rings (SSSR count). The molecule has 110 valence electrons. The quantitative estimate of drug-likeness (QED) is 0.889. The van der Waals surface area contributed by atoms with Crippen LogP contribution in [0.2, 0.25) is 0 Å². The van der Waals surface area contributed by atoms with Crippen molar-refractivity contribution in [2.45, 2.75) is 39.2 Å². The third-order valence-electron chi connectivity index (χ3n) is 5.02. The summed E-state index contributed by atoms with van der Waals surface area (Å²) in [6, 6.07) is 4.40. The minimum absolute atomic E-state index is 0.399. The Kier molecular flexibility index (Phi) is 3.99. The predicted octanol–water partition coefficient (Wildman–Crippen LogP) is 2.76. The highest BCUT2D eigenvalue weighted by Crippen LogP contribution is 2.44. The van der Waals surface area contributed by atoms with Gasteiger partial charge in [-0.3, -0.25) is 4.90 Å². The number of phenols is 1. The molecule has 0 bridgehead atoms. The summed E-state index contributed by atoms with van der Waals surface area (Å²) in [4.78, 5) is 2.66. The van der Waals surface area contributed by atoms with Crippen LogP contribution in [0.1, 0.15) is 42.0 Å². The van der Waals surface area contributed by atoms with Gasteiger partial charge in [-0.15, -0.1) is 0 Å². The predicted molar refractivity (Wildman–Crippen MR) is 82.1 cm³/mol. The van der Waals surface area contributed by atoms with Crippen molar-refractivity contribution in [3.8, 4) is 5.75 Å². The molecular formula is C17H26N2O. The monoisotopic (exact) mass is 274 g/mol. The van der Waals surface area contributed by atoms with Crippen LogP contribution < -0.4 is 5.32 Å². The third kappa shape index (κ3) is 2.57. The molecular weight excluding hydrogens is 248 g/mol. The maximum absolute atomic E-state index is 9.80. The average molecular weight is 274 g/mol. The van der Waals surface area contributed by atoms with E-state index in [1.165, 1.54) is 36.0 Å². The van der Waals surface area contributed by atoms with E-state index in [9.17, 15) is 5.11 Å². The van der Waals surface area contributed by atoms with Gasteiger partial charge in [0, 0.05) is 32.2 Å². The molecule has 1 atom stereocenters. The molecule has 1 aromatic carbocycles. The van der Waals surface area contributed by atoms with Crippen molar-refractivity contribution in [1.82, 2.24) is 10.2 Å². The SMILES string of the molecule is Cc1cc(O)cc(C)c1[C@@H](C1CCC1)N1CCNCC1. The summed E-state index contributed by atoms with van der Waals surface area (Å²) in [5, 5.41) is 13.2. The topological polar surface area (TPSA) is 35.5 Å². The highest BCUT2D eigenvalue weighted by atomic mass is 16.3. The summed E-state index contributed by atoms with van der Waals surface area (Å²) in [5.41, 5.74) is 3.96. The lowest BCUT2D eigenvalue weighted by atomic mass is 9.74. The lowest BCUT2D eigenvalue weighted by Crippen LogP contribution is -2.48. The third-order valence-corrected chi connectivity index (χ3v) is 5.02. The van der Waals surface area contributed by atoms with Crippen molar-refractivity contribution in [3.05, 3.63) is 28.8 Å². The van der Waals surface area contributed by atoms with Crippen molar-refractivity contribution in [2.75, 3.05) is 26.2 Å². The number of aryl methyl sites for hydroxylation is 2. The van der Waals surface area contributed by atoms with E-state index in [0.717, 1.165) is 32.1 Å². The van der Waals surface area contributed by atoms with Crippen molar-refractivity contribution in [3.63, 3.8) is 0 Å². The van der Waals surface area contributed by atoms with Crippen molar-refractivity contribution >= 4 is 0 Å². The van der Waals surface area contributed by atoms with Gasteiger partial charge in [0.25, 0.3) is 0 Å². The molecule has 1 saturated carbocycles. The van der Waals surface area contributed by atoms with Crippen LogP contribution in [0.4, 0.5) is 0 Å². The van der Waals surface area contributed by atoms with E-state index in [1.807, 2.05) is 12.1 Å². The number of hydrogen-bond acceptors (Lipinski definition) is 3. The maximum Gasteiger partial charge on any atom is 0.116 e. The van der Waals surface area contributed by atoms with Crippen LogP contribution >= 0.6 is 0 Å². The number of phenolic OH excluding ortho intramolecular Hbond substituents is 1. The summed E-state index contributed by atoms with van der Waals surface area (Å²) < 4.78 is 0. The van der Waals surface area contributed by atoms with E-state index < -0.39 is 0 Å². The molecule has 1 aliphatic heterocycles. The number of piperazine rings is 1. The van der Waals surface area contributed by atoms with Gasteiger partial charge in [-0.25, -0.2) is 0 Å². The van der Waals surface area contributed by atoms with E-state index in [-0.39, 0.29) is 0 Å². The fourth-order valence-corrected chi connectivity index (χ4v) is 3.85. The van der Waals surface area contributed by atoms with Crippen LogP contribution in [0.25, 0.3) is 0 Å². The first-order valence-corrected chi connectivity index (χ1v) is 7.91. The van der Waals surface area contributed by atoms with Gasteiger partial charge in [0.15, 0.2) is 0 Å². The van der Waals surface area contributed by atoms with Crippen LogP contribution in [0.5, 0.6) is 5.75 Å². The number of hydrogen-bond donors (Lipinski definition) is 2. The minimum Gasteiger partial charge on any atom is -0.508 e. The smallest absolute Gasteiger partial charge is 0.116 e. The first kappa shape index (κ1) is 13.9. The molecule has 2 aliphatic rings. The molecule has 1 heterocycles. The molecule has 3 nitrogen and oxygen atoms in total. The van der Waals surface area contributed by atoms with Crippen LogP contribution in [0.3, 0.4) is 0 Å². The van der Waals surface area contributed by atoms with Crippen LogP contribution in [-0.4, -0.2) is 36.2 Å². The molecule has 1 aliphatic carbocycles. The van der Waals surface area contributed by atoms with Crippen molar-refractivity contribution in [1.29, 1.82) is 0 Å². The van der Waals surface area contributed by atoms with E-state index in [0.29, 0.717) is 11.8 Å². The van der Waals surface area contributed by atoms with Crippen molar-refractivity contribution < 1.29 is 5.11 Å². The normalized spacial score (nSPS) is 22.5. The Morgan fingerprint density at radius 1 is 1.15 bits per heavy atom.